The predicted octanol–water partition coefficient (Wildman–Crippen LogP) is 1.61. The lowest BCUT2D eigenvalue weighted by Crippen LogP contribution is -2.55. The molecule has 2 aliphatic rings. The Labute approximate surface area is 99.3 Å². The second kappa shape index (κ2) is 4.28. The molecule has 16 heavy (non-hydrogen) atoms. The highest BCUT2D eigenvalue weighted by molar-refractivity contribution is 5.00. The number of nitrogens with two attached hydrogens (primary N) is 1. The van der Waals surface area contributed by atoms with Crippen LogP contribution >= 0.6 is 0 Å². The molecule has 3 heteroatoms. The summed E-state index contributed by atoms with van der Waals surface area (Å²) >= 11 is 0. The van der Waals surface area contributed by atoms with Gasteiger partial charge in [0, 0.05) is 25.2 Å². The predicted molar refractivity (Wildman–Crippen MR) is 66.4 cm³/mol. The average molecular weight is 226 g/mol. The Morgan fingerprint density at radius 1 is 1.19 bits per heavy atom. The van der Waals surface area contributed by atoms with Gasteiger partial charge < -0.3 is 10.5 Å². The first-order valence-corrected chi connectivity index (χ1v) is 6.55. The van der Waals surface area contributed by atoms with Crippen LogP contribution in [-0.2, 0) is 4.74 Å². The molecule has 94 valence electrons. The molecule has 3 nitrogen and oxygen atoms in total. The first-order chi connectivity index (χ1) is 7.40. The minimum Gasteiger partial charge on any atom is -0.373 e. The maximum Gasteiger partial charge on any atom is 0.0678 e. The Balaban J connectivity index is 2.03. The van der Waals surface area contributed by atoms with Crippen LogP contribution < -0.4 is 5.73 Å². The van der Waals surface area contributed by atoms with Crippen LogP contribution in [0.5, 0.6) is 0 Å². The van der Waals surface area contributed by atoms with Crippen molar-refractivity contribution < 1.29 is 4.74 Å². The zero-order chi connectivity index (χ0) is 11.9. The second-order valence-corrected chi connectivity index (χ2v) is 6.33. The van der Waals surface area contributed by atoms with E-state index in [9.17, 15) is 0 Å². The van der Waals surface area contributed by atoms with E-state index in [1.165, 1.54) is 12.8 Å². The largest absolute Gasteiger partial charge is 0.373 e. The summed E-state index contributed by atoms with van der Waals surface area (Å²) in [6.07, 6.45) is 3.19. The monoisotopic (exact) mass is 226 g/mol. The molecule has 0 spiro atoms. The van der Waals surface area contributed by atoms with Gasteiger partial charge in [-0.05, 0) is 32.1 Å². The Morgan fingerprint density at radius 2 is 1.75 bits per heavy atom. The van der Waals surface area contributed by atoms with E-state index < -0.39 is 0 Å². The second-order valence-electron chi connectivity index (χ2n) is 6.33. The Kier molecular flexibility index (Phi) is 3.30. The fourth-order valence-electron chi connectivity index (χ4n) is 3.29. The van der Waals surface area contributed by atoms with Gasteiger partial charge in [0.1, 0.15) is 0 Å². The molecule has 4 unspecified atom stereocenters. The molecule has 0 aromatic rings. The van der Waals surface area contributed by atoms with E-state index in [-0.39, 0.29) is 0 Å². The van der Waals surface area contributed by atoms with Gasteiger partial charge in [-0.3, -0.25) is 4.90 Å². The van der Waals surface area contributed by atoms with E-state index in [4.69, 9.17) is 10.5 Å². The third-order valence-corrected chi connectivity index (χ3v) is 4.32. The maximum atomic E-state index is 6.40. The number of rotatable bonds is 1. The number of hydrogen-bond acceptors (Lipinski definition) is 3. The summed E-state index contributed by atoms with van der Waals surface area (Å²) in [6.45, 7) is 11.0. The van der Waals surface area contributed by atoms with E-state index in [1.807, 2.05) is 0 Å². The van der Waals surface area contributed by atoms with Gasteiger partial charge in [-0.2, -0.15) is 0 Å². The van der Waals surface area contributed by atoms with Crippen molar-refractivity contribution in [2.45, 2.75) is 64.8 Å². The van der Waals surface area contributed by atoms with Gasteiger partial charge in [0.25, 0.3) is 0 Å². The molecular weight excluding hydrogens is 200 g/mol. The molecule has 1 heterocycles. The third kappa shape index (κ3) is 2.27. The van der Waals surface area contributed by atoms with E-state index >= 15 is 0 Å². The summed E-state index contributed by atoms with van der Waals surface area (Å²) in [5.74, 6) is 0. The molecule has 4 atom stereocenters. The topological polar surface area (TPSA) is 38.5 Å². The third-order valence-electron chi connectivity index (χ3n) is 4.32. The highest BCUT2D eigenvalue weighted by Crippen LogP contribution is 2.39. The highest BCUT2D eigenvalue weighted by Gasteiger charge is 2.43. The van der Waals surface area contributed by atoms with Crippen molar-refractivity contribution in [1.29, 1.82) is 0 Å². The van der Waals surface area contributed by atoms with Crippen LogP contribution in [0.3, 0.4) is 0 Å². The van der Waals surface area contributed by atoms with Crippen LogP contribution in [0.4, 0.5) is 0 Å². The van der Waals surface area contributed by atoms with Crippen LogP contribution in [0.1, 0.15) is 40.5 Å². The molecule has 1 aliphatic carbocycles. The Morgan fingerprint density at radius 3 is 2.19 bits per heavy atom. The molecule has 0 amide bonds. The molecule has 0 aromatic carbocycles. The standard InChI is InChI=1S/C13H26N2O/c1-9-7-15(8-10(2)16-9)11-5-6-13(3,4)12(11)14/h9-12H,5-8,14H2,1-4H3. The molecule has 2 rings (SSSR count). The molecule has 2 fully saturated rings. The van der Waals surface area contributed by atoms with Crippen molar-refractivity contribution in [3.63, 3.8) is 0 Å². The molecule has 0 bridgehead atoms. The van der Waals surface area contributed by atoms with Crippen LogP contribution in [0.15, 0.2) is 0 Å². The summed E-state index contributed by atoms with van der Waals surface area (Å²) in [5.41, 5.74) is 6.70. The van der Waals surface area contributed by atoms with Gasteiger partial charge in [-0.1, -0.05) is 13.8 Å². The minimum atomic E-state index is 0.301. The lowest BCUT2D eigenvalue weighted by molar-refractivity contribution is -0.0823. The van der Waals surface area contributed by atoms with E-state index in [2.05, 4.69) is 32.6 Å². The quantitative estimate of drug-likeness (QED) is 0.738. The molecular formula is C13H26N2O. The van der Waals surface area contributed by atoms with Gasteiger partial charge in [0.05, 0.1) is 12.2 Å². The van der Waals surface area contributed by atoms with Gasteiger partial charge in [-0.15, -0.1) is 0 Å². The molecule has 0 radical (unpaired) electrons. The number of nitrogens with zero attached hydrogens (tertiary/aromatic N) is 1. The van der Waals surface area contributed by atoms with Gasteiger partial charge in [0.2, 0.25) is 0 Å². The van der Waals surface area contributed by atoms with Crippen LogP contribution in [0, 0.1) is 5.41 Å². The fraction of sp³-hybridized carbons (Fsp3) is 1.00. The molecule has 2 N–H and O–H groups in total. The summed E-state index contributed by atoms with van der Waals surface area (Å²) in [6, 6.07) is 0.869. The van der Waals surface area contributed by atoms with Gasteiger partial charge in [0.15, 0.2) is 0 Å². The number of hydrogen-bond donors (Lipinski definition) is 1. The van der Waals surface area contributed by atoms with E-state index in [0.29, 0.717) is 29.7 Å². The summed E-state index contributed by atoms with van der Waals surface area (Å²) < 4.78 is 5.78. The van der Waals surface area contributed by atoms with Crippen molar-refractivity contribution >= 4 is 0 Å². The van der Waals surface area contributed by atoms with Crippen molar-refractivity contribution in [2.24, 2.45) is 11.1 Å². The lowest BCUT2D eigenvalue weighted by Gasteiger charge is -2.41. The number of morpholine rings is 1. The van der Waals surface area contributed by atoms with Gasteiger partial charge in [-0.25, -0.2) is 0 Å². The first-order valence-electron chi connectivity index (χ1n) is 6.55. The molecule has 1 aliphatic heterocycles. The molecule has 1 saturated carbocycles. The zero-order valence-electron chi connectivity index (χ0n) is 11.1. The van der Waals surface area contributed by atoms with E-state index in [0.717, 1.165) is 13.1 Å². The summed E-state index contributed by atoms with van der Waals surface area (Å²) in [7, 11) is 0. The van der Waals surface area contributed by atoms with Crippen LogP contribution in [0.25, 0.3) is 0 Å². The maximum absolute atomic E-state index is 6.40. The normalized spacial score (nSPS) is 44.8. The highest BCUT2D eigenvalue weighted by atomic mass is 16.5. The van der Waals surface area contributed by atoms with Crippen LogP contribution in [-0.4, -0.2) is 42.3 Å². The molecule has 0 aromatic heterocycles. The van der Waals surface area contributed by atoms with Crippen molar-refractivity contribution in [3.8, 4) is 0 Å². The Bertz CT molecular complexity index is 244. The lowest BCUT2D eigenvalue weighted by atomic mass is 9.87. The van der Waals surface area contributed by atoms with E-state index in [1.54, 1.807) is 0 Å². The zero-order valence-corrected chi connectivity index (χ0v) is 11.1. The fourth-order valence-corrected chi connectivity index (χ4v) is 3.29. The molecule has 1 saturated heterocycles. The van der Waals surface area contributed by atoms with Crippen molar-refractivity contribution in [3.05, 3.63) is 0 Å². The average Bonchev–Trinajstić information content (AvgIpc) is 2.40. The van der Waals surface area contributed by atoms with Crippen LogP contribution in [0.2, 0.25) is 0 Å². The Hall–Kier alpha value is -0.120. The summed E-state index contributed by atoms with van der Waals surface area (Å²) in [5, 5.41) is 0. The first kappa shape index (κ1) is 12.3. The van der Waals surface area contributed by atoms with Gasteiger partial charge >= 0.3 is 0 Å². The number of ether oxygens (including phenoxy) is 1. The van der Waals surface area contributed by atoms with Crippen molar-refractivity contribution in [1.82, 2.24) is 4.90 Å². The smallest absolute Gasteiger partial charge is 0.0678 e. The summed E-state index contributed by atoms with van der Waals surface area (Å²) in [4.78, 5) is 2.55. The SMILES string of the molecule is CC1CN(C2CCC(C)(C)C2N)CC(C)O1. The van der Waals surface area contributed by atoms with Crippen molar-refractivity contribution in [2.75, 3.05) is 13.1 Å². The minimum absolute atomic E-state index is 0.301.